The molecule has 2 N–H and O–H groups in total. The lowest BCUT2D eigenvalue weighted by atomic mass is 10.1. The van der Waals surface area contributed by atoms with Crippen LogP contribution >= 0.6 is 0 Å². The Bertz CT molecular complexity index is 416. The van der Waals surface area contributed by atoms with Gasteiger partial charge in [-0.15, -0.1) is 0 Å². The Labute approximate surface area is 114 Å². The molecule has 1 aromatic rings. The molecule has 4 heteroatoms. The summed E-state index contributed by atoms with van der Waals surface area (Å²) >= 11 is 0. The monoisotopic (exact) mass is 265 g/mol. The molecular weight excluding hydrogens is 242 g/mol. The quantitative estimate of drug-likeness (QED) is 0.709. The number of carboxylic acids is 1. The highest BCUT2D eigenvalue weighted by atomic mass is 16.5. The lowest BCUT2D eigenvalue weighted by Crippen LogP contribution is -2.12. The summed E-state index contributed by atoms with van der Waals surface area (Å²) in [5.41, 5.74) is 1.98. The third-order valence-electron chi connectivity index (χ3n) is 2.72. The Morgan fingerprint density at radius 2 is 2.16 bits per heavy atom. The van der Waals surface area contributed by atoms with E-state index in [0.717, 1.165) is 18.6 Å². The lowest BCUT2D eigenvalue weighted by Gasteiger charge is -2.13. The number of carbonyl (C=O) groups is 1. The number of para-hydroxylation sites is 1. The summed E-state index contributed by atoms with van der Waals surface area (Å²) in [5.74, 6) is -0.356. The number of benzene rings is 1. The van der Waals surface area contributed by atoms with Crippen molar-refractivity contribution in [3.63, 3.8) is 0 Å². The van der Waals surface area contributed by atoms with E-state index in [0.29, 0.717) is 30.3 Å². The number of rotatable bonds is 8. The Hall–Kier alpha value is -1.55. The van der Waals surface area contributed by atoms with Crippen LogP contribution in [0.25, 0.3) is 0 Å². The first kappa shape index (κ1) is 15.5. The van der Waals surface area contributed by atoms with Gasteiger partial charge >= 0.3 is 5.97 Å². The highest BCUT2D eigenvalue weighted by Gasteiger charge is 2.10. The predicted octanol–water partition coefficient (Wildman–Crippen LogP) is 3.17. The van der Waals surface area contributed by atoms with Gasteiger partial charge in [0.1, 0.15) is 0 Å². The molecule has 1 rings (SSSR count). The van der Waals surface area contributed by atoms with Crippen LogP contribution in [0, 0.1) is 12.8 Å². The second-order valence-corrected chi connectivity index (χ2v) is 5.05. The number of ether oxygens (including phenoxy) is 1. The molecule has 4 nitrogen and oxygen atoms in total. The van der Waals surface area contributed by atoms with Crippen molar-refractivity contribution in [3.8, 4) is 0 Å². The van der Waals surface area contributed by atoms with E-state index in [1.54, 1.807) is 12.1 Å². The van der Waals surface area contributed by atoms with Gasteiger partial charge in [-0.25, -0.2) is 4.79 Å². The zero-order chi connectivity index (χ0) is 14.3. The van der Waals surface area contributed by atoms with Crippen LogP contribution in [0.1, 0.15) is 36.2 Å². The molecule has 0 heterocycles. The average Bonchev–Trinajstić information content (AvgIpc) is 2.34. The van der Waals surface area contributed by atoms with Gasteiger partial charge in [0, 0.05) is 19.8 Å². The molecule has 0 aliphatic rings. The maximum absolute atomic E-state index is 11.1. The van der Waals surface area contributed by atoms with Crippen molar-refractivity contribution in [2.45, 2.75) is 27.2 Å². The first-order valence-electron chi connectivity index (χ1n) is 6.67. The second kappa shape index (κ2) is 7.79. The zero-order valence-corrected chi connectivity index (χ0v) is 11.9. The minimum Gasteiger partial charge on any atom is -0.478 e. The van der Waals surface area contributed by atoms with E-state index in [1.165, 1.54) is 0 Å². The van der Waals surface area contributed by atoms with Crippen molar-refractivity contribution >= 4 is 11.7 Å². The van der Waals surface area contributed by atoms with Crippen LogP contribution in [0.4, 0.5) is 5.69 Å². The van der Waals surface area contributed by atoms with Crippen LogP contribution in [0.2, 0.25) is 0 Å². The van der Waals surface area contributed by atoms with Gasteiger partial charge in [0.15, 0.2) is 0 Å². The Kier molecular flexibility index (Phi) is 6.36. The van der Waals surface area contributed by atoms with Crippen LogP contribution < -0.4 is 5.32 Å². The molecule has 0 saturated heterocycles. The lowest BCUT2D eigenvalue weighted by molar-refractivity contribution is 0.0698. The fourth-order valence-electron chi connectivity index (χ4n) is 1.79. The van der Waals surface area contributed by atoms with Crippen LogP contribution in [0.3, 0.4) is 0 Å². The van der Waals surface area contributed by atoms with Crippen molar-refractivity contribution in [2.75, 3.05) is 25.1 Å². The number of hydrogen-bond acceptors (Lipinski definition) is 3. The largest absolute Gasteiger partial charge is 0.478 e. The number of hydrogen-bond donors (Lipinski definition) is 2. The molecule has 0 atom stereocenters. The van der Waals surface area contributed by atoms with Gasteiger partial charge in [0.2, 0.25) is 0 Å². The molecule has 0 aliphatic heterocycles. The summed E-state index contributed by atoms with van der Waals surface area (Å²) in [4.78, 5) is 11.1. The highest BCUT2D eigenvalue weighted by molar-refractivity contribution is 5.95. The molecule has 0 saturated carbocycles. The highest BCUT2D eigenvalue weighted by Crippen LogP contribution is 2.20. The number of aryl methyl sites for hydroxylation is 1. The van der Waals surface area contributed by atoms with Gasteiger partial charge in [-0.1, -0.05) is 26.0 Å². The van der Waals surface area contributed by atoms with Crippen LogP contribution in [-0.4, -0.2) is 30.8 Å². The zero-order valence-electron chi connectivity index (χ0n) is 11.9. The van der Waals surface area contributed by atoms with E-state index in [2.05, 4.69) is 19.2 Å². The molecule has 0 bridgehead atoms. The van der Waals surface area contributed by atoms with E-state index in [-0.39, 0.29) is 0 Å². The van der Waals surface area contributed by atoms with Gasteiger partial charge in [0.05, 0.1) is 11.3 Å². The normalized spacial score (nSPS) is 10.7. The maximum atomic E-state index is 11.1. The SMILES string of the molecule is Cc1cccc(C(=O)O)c1NCCCOCC(C)C. The minimum absolute atomic E-state index is 0.322. The van der Waals surface area contributed by atoms with Crippen molar-refractivity contribution in [2.24, 2.45) is 5.92 Å². The molecule has 19 heavy (non-hydrogen) atoms. The van der Waals surface area contributed by atoms with Crippen LogP contribution in [-0.2, 0) is 4.74 Å². The average molecular weight is 265 g/mol. The van der Waals surface area contributed by atoms with Gasteiger partial charge in [-0.05, 0) is 30.9 Å². The van der Waals surface area contributed by atoms with E-state index in [9.17, 15) is 4.79 Å². The number of nitrogens with one attached hydrogen (secondary N) is 1. The molecule has 0 aliphatic carbocycles. The Morgan fingerprint density at radius 3 is 2.79 bits per heavy atom. The van der Waals surface area contributed by atoms with E-state index in [4.69, 9.17) is 9.84 Å². The Morgan fingerprint density at radius 1 is 1.42 bits per heavy atom. The van der Waals surface area contributed by atoms with Crippen molar-refractivity contribution in [3.05, 3.63) is 29.3 Å². The summed E-state index contributed by atoms with van der Waals surface area (Å²) in [5, 5.41) is 12.3. The third-order valence-corrected chi connectivity index (χ3v) is 2.72. The molecule has 1 aromatic carbocycles. The van der Waals surface area contributed by atoms with Gasteiger partial charge < -0.3 is 15.2 Å². The molecular formula is C15H23NO3. The minimum atomic E-state index is -0.901. The molecule has 0 amide bonds. The molecule has 0 fully saturated rings. The fraction of sp³-hybridized carbons (Fsp3) is 0.533. The fourth-order valence-corrected chi connectivity index (χ4v) is 1.79. The first-order valence-corrected chi connectivity index (χ1v) is 6.67. The summed E-state index contributed by atoms with van der Waals surface area (Å²) in [6.07, 6.45) is 0.861. The molecule has 106 valence electrons. The predicted molar refractivity (Wildman–Crippen MR) is 76.9 cm³/mol. The Balaban J connectivity index is 2.43. The van der Waals surface area contributed by atoms with Crippen molar-refractivity contribution in [1.82, 2.24) is 0 Å². The van der Waals surface area contributed by atoms with Crippen LogP contribution in [0.5, 0.6) is 0 Å². The smallest absolute Gasteiger partial charge is 0.337 e. The molecule has 0 aromatic heterocycles. The summed E-state index contributed by atoms with van der Waals surface area (Å²) in [6.45, 7) is 8.31. The topological polar surface area (TPSA) is 58.6 Å². The van der Waals surface area contributed by atoms with E-state index < -0.39 is 5.97 Å². The summed E-state index contributed by atoms with van der Waals surface area (Å²) in [7, 11) is 0. The number of carboxylic acid groups (broad SMARTS) is 1. The van der Waals surface area contributed by atoms with E-state index >= 15 is 0 Å². The van der Waals surface area contributed by atoms with E-state index in [1.807, 2.05) is 13.0 Å². The van der Waals surface area contributed by atoms with Crippen LogP contribution in [0.15, 0.2) is 18.2 Å². The number of anilines is 1. The number of aromatic carboxylic acids is 1. The third kappa shape index (κ3) is 5.30. The van der Waals surface area contributed by atoms with Crippen molar-refractivity contribution < 1.29 is 14.6 Å². The standard InChI is InChI=1S/C15H23NO3/c1-11(2)10-19-9-5-8-16-14-12(3)6-4-7-13(14)15(17)18/h4,6-7,11,16H,5,8-10H2,1-3H3,(H,17,18). The maximum Gasteiger partial charge on any atom is 0.337 e. The van der Waals surface area contributed by atoms with Gasteiger partial charge in [0.25, 0.3) is 0 Å². The first-order chi connectivity index (χ1) is 9.02. The molecule has 0 radical (unpaired) electrons. The molecule has 0 unspecified atom stereocenters. The second-order valence-electron chi connectivity index (χ2n) is 5.05. The van der Waals surface area contributed by atoms with Gasteiger partial charge in [-0.3, -0.25) is 0 Å². The van der Waals surface area contributed by atoms with Crippen molar-refractivity contribution in [1.29, 1.82) is 0 Å². The summed E-state index contributed by atoms with van der Waals surface area (Å²) < 4.78 is 5.48. The summed E-state index contributed by atoms with van der Waals surface area (Å²) in [6, 6.07) is 5.28. The van der Waals surface area contributed by atoms with Gasteiger partial charge in [-0.2, -0.15) is 0 Å². The molecule has 0 spiro atoms.